The number of hydrogen-bond donors (Lipinski definition) is 0. The molecule has 2 aromatic carbocycles. The SMILES string of the molecule is COC(=O)[N+]1=C(c2ccc(C(=O)OC(C)(C)C)c(C)c2)CC(C)(c2cc(Cl)cc(Cl)c2)O1. The van der Waals surface area contributed by atoms with Crippen molar-refractivity contribution in [1.29, 1.82) is 0 Å². The van der Waals surface area contributed by atoms with E-state index in [1.165, 1.54) is 7.11 Å². The molecule has 0 aliphatic carbocycles. The highest BCUT2D eigenvalue weighted by Gasteiger charge is 2.50. The number of rotatable bonds is 3. The van der Waals surface area contributed by atoms with Crippen molar-refractivity contribution >= 4 is 41.0 Å². The van der Waals surface area contributed by atoms with Crippen LogP contribution in [0.4, 0.5) is 4.79 Å². The average Bonchev–Trinajstić information content (AvgIpc) is 3.04. The number of carbonyl (C=O) groups excluding carboxylic acids is 2. The normalized spacial score (nSPS) is 18.4. The fraction of sp³-hybridized carbons (Fsp3) is 0.375. The predicted octanol–water partition coefficient (Wildman–Crippen LogP) is 6.08. The van der Waals surface area contributed by atoms with Gasteiger partial charge in [-0.2, -0.15) is 4.79 Å². The quantitative estimate of drug-likeness (QED) is 0.395. The molecule has 0 N–H and O–H groups in total. The third-order valence-corrected chi connectivity index (χ3v) is 5.47. The van der Waals surface area contributed by atoms with Crippen molar-refractivity contribution in [2.75, 3.05) is 7.11 Å². The van der Waals surface area contributed by atoms with Crippen LogP contribution in [0.2, 0.25) is 10.0 Å². The molecular weight excluding hydrogens is 453 g/mol. The van der Waals surface area contributed by atoms with Crippen molar-refractivity contribution in [3.05, 3.63) is 68.7 Å². The summed E-state index contributed by atoms with van der Waals surface area (Å²) in [6, 6.07) is 10.4. The van der Waals surface area contributed by atoms with Crippen LogP contribution in [0.5, 0.6) is 0 Å². The highest BCUT2D eigenvalue weighted by atomic mass is 35.5. The van der Waals surface area contributed by atoms with E-state index in [1.807, 2.05) is 40.7 Å². The molecule has 1 amide bonds. The molecule has 0 spiro atoms. The van der Waals surface area contributed by atoms with E-state index >= 15 is 0 Å². The summed E-state index contributed by atoms with van der Waals surface area (Å²) in [5.74, 6) is -0.405. The fourth-order valence-corrected chi connectivity index (χ4v) is 4.08. The Morgan fingerprint density at radius 1 is 1.09 bits per heavy atom. The molecule has 1 unspecified atom stereocenters. The Bertz CT molecular complexity index is 1100. The topological polar surface area (TPSA) is 64.8 Å². The maximum Gasteiger partial charge on any atom is 0.646 e. The van der Waals surface area contributed by atoms with E-state index in [9.17, 15) is 9.59 Å². The summed E-state index contributed by atoms with van der Waals surface area (Å²) in [5.41, 5.74) is 1.70. The van der Waals surface area contributed by atoms with Crippen molar-refractivity contribution < 1.29 is 28.6 Å². The van der Waals surface area contributed by atoms with Gasteiger partial charge in [0.25, 0.3) is 5.71 Å². The average molecular weight is 479 g/mol. The Kier molecular flexibility index (Phi) is 6.59. The molecule has 3 rings (SSSR count). The second kappa shape index (κ2) is 8.75. The Morgan fingerprint density at radius 2 is 1.72 bits per heavy atom. The number of amides is 1. The largest absolute Gasteiger partial charge is 0.646 e. The summed E-state index contributed by atoms with van der Waals surface area (Å²) in [7, 11) is 1.28. The van der Waals surface area contributed by atoms with Crippen LogP contribution in [0.3, 0.4) is 0 Å². The van der Waals surface area contributed by atoms with Crippen molar-refractivity contribution in [3.63, 3.8) is 0 Å². The number of methoxy groups -OCH3 is 1. The number of aryl methyl sites for hydroxylation is 1. The molecule has 170 valence electrons. The van der Waals surface area contributed by atoms with Crippen LogP contribution in [0.1, 0.15) is 61.2 Å². The van der Waals surface area contributed by atoms with Crippen molar-refractivity contribution in [3.8, 4) is 0 Å². The lowest BCUT2D eigenvalue weighted by atomic mass is 9.88. The van der Waals surface area contributed by atoms with Crippen molar-refractivity contribution in [1.82, 2.24) is 0 Å². The van der Waals surface area contributed by atoms with Crippen molar-refractivity contribution in [2.45, 2.75) is 52.2 Å². The Balaban J connectivity index is 2.01. The first-order valence-electron chi connectivity index (χ1n) is 10.1. The van der Waals surface area contributed by atoms with Crippen molar-refractivity contribution in [2.24, 2.45) is 0 Å². The van der Waals surface area contributed by atoms with Crippen LogP contribution >= 0.6 is 23.2 Å². The van der Waals surface area contributed by atoms with Gasteiger partial charge in [-0.1, -0.05) is 23.2 Å². The summed E-state index contributed by atoms with van der Waals surface area (Å²) in [5, 5.41) is 0.931. The molecule has 2 aromatic rings. The maximum atomic E-state index is 12.5. The lowest BCUT2D eigenvalue weighted by molar-refractivity contribution is -0.736. The number of carbonyl (C=O) groups is 2. The first-order chi connectivity index (χ1) is 14.8. The number of hydrogen-bond acceptors (Lipinski definition) is 5. The van der Waals surface area contributed by atoms with Crippen LogP contribution in [0.25, 0.3) is 0 Å². The van der Waals surface area contributed by atoms with Gasteiger partial charge in [0, 0.05) is 21.2 Å². The number of esters is 1. The summed E-state index contributed by atoms with van der Waals surface area (Å²) < 4.78 is 11.5. The third kappa shape index (κ3) is 5.08. The lowest BCUT2D eigenvalue weighted by Crippen LogP contribution is -2.27. The summed E-state index contributed by atoms with van der Waals surface area (Å²) in [6.07, 6.45) is -0.310. The Morgan fingerprint density at radius 3 is 2.25 bits per heavy atom. The summed E-state index contributed by atoms with van der Waals surface area (Å²) in [6.45, 7) is 9.11. The van der Waals surface area contributed by atoms with Gasteiger partial charge in [-0.05, 0) is 76.6 Å². The van der Waals surface area contributed by atoms with E-state index in [1.54, 1.807) is 30.3 Å². The molecule has 0 saturated carbocycles. The molecule has 0 aromatic heterocycles. The molecular formula is C24H26Cl2NO5+. The second-order valence-corrected chi connectivity index (χ2v) is 9.77. The van der Waals surface area contributed by atoms with E-state index < -0.39 is 23.3 Å². The van der Waals surface area contributed by atoms with Gasteiger partial charge in [0.2, 0.25) is 5.60 Å². The first-order valence-corrected chi connectivity index (χ1v) is 10.8. The van der Waals surface area contributed by atoms with Crippen LogP contribution in [-0.2, 0) is 19.9 Å². The van der Waals surface area contributed by atoms with Crippen LogP contribution in [0.15, 0.2) is 36.4 Å². The molecule has 0 fully saturated rings. The van der Waals surface area contributed by atoms with Gasteiger partial charge >= 0.3 is 12.1 Å². The van der Waals surface area contributed by atoms with Crippen LogP contribution in [0, 0.1) is 6.92 Å². The lowest BCUT2D eigenvalue weighted by Gasteiger charge is -2.20. The molecule has 1 atom stereocenters. The standard InChI is InChI=1S/C24H26Cl2NO5/c1-14-9-15(7-8-19(14)21(28)31-23(2,3)4)20-13-24(5,32-27(20)22(29)30-6)16-10-17(25)12-18(26)11-16/h7-12H,13H2,1-6H3/q+1. The Hall–Kier alpha value is -2.57. The number of nitrogens with zero attached hydrogens (tertiary/aromatic N) is 1. The van der Waals surface area contributed by atoms with E-state index in [2.05, 4.69) is 0 Å². The van der Waals surface area contributed by atoms with Gasteiger partial charge in [0.1, 0.15) is 5.60 Å². The van der Waals surface area contributed by atoms with E-state index in [-0.39, 0.29) is 0 Å². The zero-order valence-corrected chi connectivity index (χ0v) is 20.4. The third-order valence-electron chi connectivity index (χ3n) is 5.03. The minimum atomic E-state index is -0.907. The van der Waals surface area contributed by atoms with Crippen LogP contribution in [-0.4, -0.2) is 35.2 Å². The minimum absolute atomic E-state index is 0.351. The molecule has 0 bridgehead atoms. The minimum Gasteiger partial charge on any atom is -0.456 e. The zero-order chi connectivity index (χ0) is 23.8. The molecule has 8 heteroatoms. The molecule has 0 saturated heterocycles. The van der Waals surface area contributed by atoms with E-state index in [0.717, 1.165) is 15.9 Å². The molecule has 1 aliphatic rings. The molecule has 1 heterocycles. The molecule has 32 heavy (non-hydrogen) atoms. The summed E-state index contributed by atoms with van der Waals surface area (Å²) in [4.78, 5) is 31.1. The highest BCUT2D eigenvalue weighted by molar-refractivity contribution is 6.34. The van der Waals surface area contributed by atoms with Gasteiger partial charge in [-0.25, -0.2) is 4.79 Å². The predicted molar refractivity (Wildman–Crippen MR) is 123 cm³/mol. The zero-order valence-electron chi connectivity index (χ0n) is 18.9. The second-order valence-electron chi connectivity index (χ2n) is 8.90. The van der Waals surface area contributed by atoms with Gasteiger partial charge in [0.15, 0.2) is 0 Å². The van der Waals surface area contributed by atoms with Gasteiger partial charge in [-0.15, -0.1) is 0 Å². The maximum absolute atomic E-state index is 12.5. The van der Waals surface area contributed by atoms with E-state index in [0.29, 0.717) is 33.3 Å². The molecule has 1 aliphatic heterocycles. The molecule has 6 nitrogen and oxygen atoms in total. The van der Waals surface area contributed by atoms with Gasteiger partial charge < -0.3 is 9.47 Å². The smallest absolute Gasteiger partial charge is 0.456 e. The van der Waals surface area contributed by atoms with E-state index in [4.69, 9.17) is 37.5 Å². The number of ether oxygens (including phenoxy) is 2. The molecule has 0 radical (unpaired) electrons. The number of hydroxylamine groups is 1. The Labute approximate surface area is 197 Å². The fourth-order valence-electron chi connectivity index (χ4n) is 3.55. The van der Waals surface area contributed by atoms with Gasteiger partial charge in [-0.3, -0.25) is 4.84 Å². The number of halogens is 2. The highest BCUT2D eigenvalue weighted by Crippen LogP contribution is 2.38. The van der Waals surface area contributed by atoms with Crippen LogP contribution < -0.4 is 0 Å². The first kappa shape index (κ1) is 24.1. The summed E-state index contributed by atoms with van der Waals surface area (Å²) >= 11 is 12.4. The monoisotopic (exact) mass is 478 g/mol. The number of benzene rings is 2. The van der Waals surface area contributed by atoms with Gasteiger partial charge in [0.05, 0.1) is 23.8 Å².